The van der Waals surface area contributed by atoms with E-state index in [-0.39, 0.29) is 0 Å². The molecule has 0 radical (unpaired) electrons. The van der Waals surface area contributed by atoms with Crippen molar-refractivity contribution in [1.29, 1.82) is 0 Å². The summed E-state index contributed by atoms with van der Waals surface area (Å²) in [4.78, 5) is 6.62. The van der Waals surface area contributed by atoms with Gasteiger partial charge in [-0.25, -0.2) is 4.52 Å². The summed E-state index contributed by atoms with van der Waals surface area (Å²) < 4.78 is 1.72. The molecule has 0 saturated carbocycles. The van der Waals surface area contributed by atoms with Gasteiger partial charge < -0.3 is 10.2 Å². The molecule has 0 aromatic carbocycles. The van der Waals surface area contributed by atoms with Gasteiger partial charge in [0.05, 0.1) is 5.02 Å². The molecule has 2 aromatic heterocycles. The summed E-state index contributed by atoms with van der Waals surface area (Å²) >= 11 is 5.92. The van der Waals surface area contributed by atoms with Crippen molar-refractivity contribution < 1.29 is 0 Å². The lowest BCUT2D eigenvalue weighted by molar-refractivity contribution is 0.667. The van der Waals surface area contributed by atoms with E-state index in [1.54, 1.807) is 10.7 Å². The van der Waals surface area contributed by atoms with Gasteiger partial charge in [-0.3, -0.25) is 0 Å². The van der Waals surface area contributed by atoms with Gasteiger partial charge in [-0.15, -0.1) is 5.10 Å². The second-order valence-electron chi connectivity index (χ2n) is 4.32. The van der Waals surface area contributed by atoms with Crippen molar-refractivity contribution in [2.75, 3.05) is 25.0 Å². The number of nitrogens with zero attached hydrogens (tertiary/aromatic N) is 4. The van der Waals surface area contributed by atoms with Crippen LogP contribution in [0.5, 0.6) is 0 Å². The zero-order chi connectivity index (χ0) is 11.8. The first-order chi connectivity index (χ1) is 8.24. The largest absolute Gasteiger partial charge is 0.338 e. The molecule has 5 nitrogen and oxygen atoms in total. The first kappa shape index (κ1) is 10.8. The number of anilines is 1. The van der Waals surface area contributed by atoms with Gasteiger partial charge in [-0.1, -0.05) is 11.6 Å². The molecule has 3 heterocycles. The van der Waals surface area contributed by atoms with Crippen LogP contribution in [0.1, 0.15) is 6.42 Å². The topological polar surface area (TPSA) is 45.5 Å². The molecule has 2 aromatic rings. The fourth-order valence-electron chi connectivity index (χ4n) is 2.13. The van der Waals surface area contributed by atoms with E-state index in [9.17, 15) is 0 Å². The van der Waals surface area contributed by atoms with E-state index in [1.807, 2.05) is 19.2 Å². The zero-order valence-electron chi connectivity index (χ0n) is 9.60. The third-order valence-electron chi connectivity index (χ3n) is 3.18. The van der Waals surface area contributed by atoms with Crippen molar-refractivity contribution in [2.24, 2.45) is 0 Å². The number of aromatic nitrogens is 3. The molecule has 1 aliphatic rings. The minimum atomic E-state index is 0.475. The van der Waals surface area contributed by atoms with E-state index in [0.29, 0.717) is 11.1 Å². The maximum atomic E-state index is 5.92. The maximum Gasteiger partial charge on any atom is 0.245 e. The van der Waals surface area contributed by atoms with Gasteiger partial charge in [0, 0.05) is 25.8 Å². The Bertz CT molecular complexity index is 532. The Morgan fingerprint density at radius 1 is 1.53 bits per heavy atom. The third-order valence-corrected chi connectivity index (χ3v) is 3.40. The number of rotatable bonds is 2. The van der Waals surface area contributed by atoms with Gasteiger partial charge >= 0.3 is 0 Å². The quantitative estimate of drug-likeness (QED) is 0.871. The minimum absolute atomic E-state index is 0.475. The summed E-state index contributed by atoms with van der Waals surface area (Å²) in [6, 6.07) is 4.18. The average Bonchev–Trinajstić information content (AvgIpc) is 2.96. The van der Waals surface area contributed by atoms with Crippen molar-refractivity contribution in [3.8, 4) is 0 Å². The Kier molecular flexibility index (Phi) is 2.64. The number of nitrogens with one attached hydrogen (secondary N) is 1. The van der Waals surface area contributed by atoms with Crippen LogP contribution in [0.2, 0.25) is 5.02 Å². The lowest BCUT2D eigenvalue weighted by atomic mass is 10.2. The summed E-state index contributed by atoms with van der Waals surface area (Å²) in [7, 11) is 2.04. The van der Waals surface area contributed by atoms with Crippen molar-refractivity contribution in [1.82, 2.24) is 19.9 Å². The number of hydrogen-bond donors (Lipinski definition) is 1. The Labute approximate surface area is 104 Å². The summed E-state index contributed by atoms with van der Waals surface area (Å²) in [5.74, 6) is 0.751. The number of likely N-dealkylation sites (N-methyl/N-ethyl adjacent to an activating group) is 1. The van der Waals surface area contributed by atoms with Crippen LogP contribution in [-0.2, 0) is 0 Å². The molecular weight excluding hydrogens is 238 g/mol. The molecule has 3 rings (SSSR count). The highest BCUT2D eigenvalue weighted by atomic mass is 35.5. The molecule has 1 fully saturated rings. The van der Waals surface area contributed by atoms with Crippen LogP contribution in [0.4, 0.5) is 5.95 Å². The van der Waals surface area contributed by atoms with Gasteiger partial charge in [-0.2, -0.15) is 4.98 Å². The lowest BCUT2D eigenvalue weighted by Gasteiger charge is -2.21. The van der Waals surface area contributed by atoms with Gasteiger partial charge in [0.15, 0.2) is 5.65 Å². The van der Waals surface area contributed by atoms with Crippen LogP contribution in [0.25, 0.3) is 5.65 Å². The standard InChI is InChI=1S/C11H14ClN5/c1-16(9-4-5-13-6-9)11-14-10-3-2-8(12)7-17(10)15-11/h2-3,7,9,13H,4-6H2,1H3. The van der Waals surface area contributed by atoms with E-state index in [2.05, 4.69) is 20.3 Å². The molecule has 0 bridgehead atoms. The third kappa shape index (κ3) is 1.96. The smallest absolute Gasteiger partial charge is 0.245 e. The van der Waals surface area contributed by atoms with Crippen molar-refractivity contribution in [2.45, 2.75) is 12.5 Å². The molecule has 17 heavy (non-hydrogen) atoms. The summed E-state index contributed by atoms with van der Waals surface area (Å²) in [6.45, 7) is 2.06. The maximum absolute atomic E-state index is 5.92. The van der Waals surface area contributed by atoms with Crippen LogP contribution in [-0.4, -0.2) is 40.8 Å². The Balaban J connectivity index is 1.94. The predicted molar refractivity (Wildman–Crippen MR) is 67.7 cm³/mol. The molecule has 0 amide bonds. The van der Waals surface area contributed by atoms with E-state index in [0.717, 1.165) is 31.1 Å². The monoisotopic (exact) mass is 251 g/mol. The van der Waals surface area contributed by atoms with Crippen molar-refractivity contribution in [3.63, 3.8) is 0 Å². The normalized spacial score (nSPS) is 20.0. The van der Waals surface area contributed by atoms with E-state index >= 15 is 0 Å². The molecule has 1 unspecified atom stereocenters. The van der Waals surface area contributed by atoms with Gasteiger partial charge in [-0.05, 0) is 25.1 Å². The molecule has 1 saturated heterocycles. The first-order valence-electron chi connectivity index (χ1n) is 5.69. The second-order valence-corrected chi connectivity index (χ2v) is 4.76. The van der Waals surface area contributed by atoms with Crippen molar-refractivity contribution >= 4 is 23.2 Å². The van der Waals surface area contributed by atoms with Gasteiger partial charge in [0.25, 0.3) is 0 Å². The number of hydrogen-bond acceptors (Lipinski definition) is 4. The molecule has 0 aliphatic carbocycles. The molecule has 6 heteroatoms. The molecule has 1 atom stereocenters. The molecular formula is C11H14ClN5. The van der Waals surface area contributed by atoms with Crippen LogP contribution in [0.15, 0.2) is 18.3 Å². The summed E-state index contributed by atoms with van der Waals surface area (Å²) in [5, 5.41) is 8.44. The molecule has 90 valence electrons. The van der Waals surface area contributed by atoms with Crippen molar-refractivity contribution in [3.05, 3.63) is 23.4 Å². The summed E-state index contributed by atoms with van der Waals surface area (Å²) in [6.07, 6.45) is 2.90. The molecule has 1 N–H and O–H groups in total. The number of pyridine rings is 1. The fourth-order valence-corrected chi connectivity index (χ4v) is 2.28. The van der Waals surface area contributed by atoms with Crippen LogP contribution in [0.3, 0.4) is 0 Å². The molecule has 0 spiro atoms. The molecule has 1 aliphatic heterocycles. The van der Waals surface area contributed by atoms with E-state index in [4.69, 9.17) is 11.6 Å². The van der Waals surface area contributed by atoms with Gasteiger partial charge in [0.1, 0.15) is 0 Å². The van der Waals surface area contributed by atoms with Gasteiger partial charge in [0.2, 0.25) is 5.95 Å². The highest BCUT2D eigenvalue weighted by molar-refractivity contribution is 6.30. The average molecular weight is 252 g/mol. The second kappa shape index (κ2) is 4.16. The lowest BCUT2D eigenvalue weighted by Crippen LogP contribution is -2.34. The highest BCUT2D eigenvalue weighted by Crippen LogP contribution is 2.17. The summed E-state index contributed by atoms with van der Waals surface area (Å²) in [5.41, 5.74) is 0.821. The highest BCUT2D eigenvalue weighted by Gasteiger charge is 2.22. The Morgan fingerprint density at radius 2 is 2.41 bits per heavy atom. The number of fused-ring (bicyclic) bond motifs is 1. The van der Waals surface area contributed by atoms with E-state index < -0.39 is 0 Å². The fraction of sp³-hybridized carbons (Fsp3) is 0.455. The van der Waals surface area contributed by atoms with E-state index in [1.165, 1.54) is 0 Å². The Morgan fingerprint density at radius 3 is 3.18 bits per heavy atom. The van der Waals surface area contributed by atoms with Crippen LogP contribution < -0.4 is 10.2 Å². The minimum Gasteiger partial charge on any atom is -0.338 e. The van der Waals surface area contributed by atoms with Crippen LogP contribution in [0, 0.1) is 0 Å². The first-order valence-corrected chi connectivity index (χ1v) is 6.07. The number of halogens is 1. The Hall–Kier alpha value is -1.33. The predicted octanol–water partition coefficient (Wildman–Crippen LogP) is 1.18. The van der Waals surface area contributed by atoms with Crippen LogP contribution >= 0.6 is 11.6 Å². The SMILES string of the molecule is CN(c1nc2ccc(Cl)cn2n1)C1CCNC1. The zero-order valence-corrected chi connectivity index (χ0v) is 10.4.